The molecule has 0 bridgehead atoms. The standard InChI is InChI=1S/C12H18ClNO3S/c1-2-8-14(9-3-10-15)18(16,17)12-6-4-11(13)5-7-12/h4-7,15H,2-3,8-10H2,1H3. The van der Waals surface area contributed by atoms with Crippen LogP contribution in [0.3, 0.4) is 0 Å². The van der Waals surface area contributed by atoms with Gasteiger partial charge >= 0.3 is 0 Å². The lowest BCUT2D eigenvalue weighted by molar-refractivity contribution is 0.269. The lowest BCUT2D eigenvalue weighted by Crippen LogP contribution is -2.33. The van der Waals surface area contributed by atoms with Crippen molar-refractivity contribution in [2.24, 2.45) is 0 Å². The summed E-state index contributed by atoms with van der Waals surface area (Å²) < 4.78 is 26.1. The van der Waals surface area contributed by atoms with Crippen molar-refractivity contribution in [1.82, 2.24) is 4.31 Å². The van der Waals surface area contributed by atoms with E-state index < -0.39 is 10.0 Å². The predicted molar refractivity (Wildman–Crippen MR) is 72.2 cm³/mol. The third-order valence-electron chi connectivity index (χ3n) is 2.49. The van der Waals surface area contributed by atoms with E-state index in [1.165, 1.54) is 16.4 Å². The zero-order valence-electron chi connectivity index (χ0n) is 10.3. The Morgan fingerprint density at radius 1 is 1.22 bits per heavy atom. The van der Waals surface area contributed by atoms with Crippen LogP contribution in [0.15, 0.2) is 29.2 Å². The first-order valence-electron chi connectivity index (χ1n) is 5.89. The molecule has 0 aliphatic rings. The Bertz CT molecular complexity index is 459. The molecule has 4 nitrogen and oxygen atoms in total. The number of nitrogens with zero attached hydrogens (tertiary/aromatic N) is 1. The molecule has 0 aromatic heterocycles. The highest BCUT2D eigenvalue weighted by Crippen LogP contribution is 2.18. The Balaban J connectivity index is 2.96. The third-order valence-corrected chi connectivity index (χ3v) is 4.65. The molecule has 6 heteroatoms. The average molecular weight is 292 g/mol. The monoisotopic (exact) mass is 291 g/mol. The Kier molecular flexibility index (Phi) is 6.08. The van der Waals surface area contributed by atoms with E-state index in [1.807, 2.05) is 6.92 Å². The summed E-state index contributed by atoms with van der Waals surface area (Å²) in [6.07, 6.45) is 1.17. The summed E-state index contributed by atoms with van der Waals surface area (Å²) in [4.78, 5) is 0.235. The van der Waals surface area contributed by atoms with Gasteiger partial charge in [0.2, 0.25) is 10.0 Å². The maximum absolute atomic E-state index is 12.3. The average Bonchev–Trinajstić information content (AvgIpc) is 2.35. The zero-order chi connectivity index (χ0) is 13.6. The maximum Gasteiger partial charge on any atom is 0.243 e. The molecule has 102 valence electrons. The molecule has 0 radical (unpaired) electrons. The van der Waals surface area contributed by atoms with Crippen LogP contribution in [-0.2, 0) is 10.0 Å². The van der Waals surface area contributed by atoms with Crippen molar-refractivity contribution >= 4 is 21.6 Å². The second kappa shape index (κ2) is 7.09. The lowest BCUT2D eigenvalue weighted by Gasteiger charge is -2.21. The number of rotatable bonds is 7. The smallest absolute Gasteiger partial charge is 0.243 e. The van der Waals surface area contributed by atoms with Gasteiger partial charge in [-0.15, -0.1) is 0 Å². The number of aliphatic hydroxyl groups excluding tert-OH is 1. The first-order chi connectivity index (χ1) is 8.52. The fourth-order valence-electron chi connectivity index (χ4n) is 1.60. The van der Waals surface area contributed by atoms with E-state index in [-0.39, 0.29) is 11.5 Å². The minimum absolute atomic E-state index is 0.0175. The second-order valence-electron chi connectivity index (χ2n) is 3.94. The molecule has 0 atom stereocenters. The Hall–Kier alpha value is -0.620. The number of aliphatic hydroxyl groups is 1. The minimum Gasteiger partial charge on any atom is -0.396 e. The molecule has 0 saturated carbocycles. The van der Waals surface area contributed by atoms with Crippen LogP contribution in [0.5, 0.6) is 0 Å². The SMILES string of the molecule is CCCN(CCCO)S(=O)(=O)c1ccc(Cl)cc1. The summed E-state index contributed by atoms with van der Waals surface area (Å²) in [7, 11) is -3.49. The highest BCUT2D eigenvalue weighted by molar-refractivity contribution is 7.89. The highest BCUT2D eigenvalue weighted by Gasteiger charge is 2.22. The van der Waals surface area contributed by atoms with E-state index in [1.54, 1.807) is 12.1 Å². The summed E-state index contributed by atoms with van der Waals surface area (Å²) in [5, 5.41) is 9.32. The number of hydrogen-bond donors (Lipinski definition) is 1. The third kappa shape index (κ3) is 3.95. The van der Waals surface area contributed by atoms with Crippen molar-refractivity contribution in [3.05, 3.63) is 29.3 Å². The molecular formula is C12H18ClNO3S. The Labute approximate surface area is 113 Å². The van der Waals surface area contributed by atoms with Crippen LogP contribution in [-0.4, -0.2) is 37.5 Å². The fraction of sp³-hybridized carbons (Fsp3) is 0.500. The number of hydrogen-bond acceptors (Lipinski definition) is 3. The van der Waals surface area contributed by atoms with E-state index in [0.29, 0.717) is 24.5 Å². The van der Waals surface area contributed by atoms with Gasteiger partial charge in [-0.2, -0.15) is 4.31 Å². The summed E-state index contributed by atoms with van der Waals surface area (Å²) in [5.74, 6) is 0. The van der Waals surface area contributed by atoms with E-state index >= 15 is 0 Å². The molecule has 1 rings (SSSR count). The number of halogens is 1. The molecule has 0 spiro atoms. The van der Waals surface area contributed by atoms with Crippen LogP contribution in [0.4, 0.5) is 0 Å². The zero-order valence-corrected chi connectivity index (χ0v) is 11.9. The highest BCUT2D eigenvalue weighted by atomic mass is 35.5. The number of sulfonamides is 1. The van der Waals surface area contributed by atoms with Gasteiger partial charge in [0.15, 0.2) is 0 Å². The summed E-state index contributed by atoms with van der Waals surface area (Å²) in [6, 6.07) is 6.12. The van der Waals surface area contributed by atoms with Gasteiger partial charge in [-0.05, 0) is 37.1 Å². The Morgan fingerprint density at radius 2 is 1.83 bits per heavy atom. The van der Waals surface area contributed by atoms with Crippen LogP contribution in [0, 0.1) is 0 Å². The molecule has 1 aromatic rings. The molecular weight excluding hydrogens is 274 g/mol. The van der Waals surface area contributed by atoms with Crippen molar-refractivity contribution in [2.45, 2.75) is 24.7 Å². The van der Waals surface area contributed by atoms with Gasteiger partial charge in [-0.3, -0.25) is 0 Å². The van der Waals surface area contributed by atoms with Crippen molar-refractivity contribution < 1.29 is 13.5 Å². The number of benzene rings is 1. The summed E-state index contributed by atoms with van der Waals surface area (Å²) in [5.41, 5.74) is 0. The molecule has 1 N–H and O–H groups in total. The van der Waals surface area contributed by atoms with Crippen LogP contribution in [0.1, 0.15) is 19.8 Å². The first-order valence-corrected chi connectivity index (χ1v) is 7.70. The van der Waals surface area contributed by atoms with Crippen LogP contribution in [0.2, 0.25) is 5.02 Å². The van der Waals surface area contributed by atoms with E-state index in [4.69, 9.17) is 16.7 Å². The van der Waals surface area contributed by atoms with Crippen LogP contribution >= 0.6 is 11.6 Å². The van der Waals surface area contributed by atoms with E-state index in [2.05, 4.69) is 0 Å². The largest absolute Gasteiger partial charge is 0.396 e. The minimum atomic E-state index is -3.49. The topological polar surface area (TPSA) is 57.6 Å². The molecule has 0 amide bonds. The lowest BCUT2D eigenvalue weighted by atomic mass is 10.4. The van der Waals surface area contributed by atoms with Gasteiger partial charge in [-0.25, -0.2) is 8.42 Å². The second-order valence-corrected chi connectivity index (χ2v) is 6.31. The van der Waals surface area contributed by atoms with Gasteiger partial charge in [0.25, 0.3) is 0 Å². The summed E-state index contributed by atoms with van der Waals surface area (Å²) >= 11 is 5.74. The van der Waals surface area contributed by atoms with Crippen LogP contribution < -0.4 is 0 Å². The van der Waals surface area contributed by atoms with Crippen molar-refractivity contribution in [1.29, 1.82) is 0 Å². The van der Waals surface area contributed by atoms with Gasteiger partial charge in [-0.1, -0.05) is 18.5 Å². The molecule has 0 aliphatic carbocycles. The molecule has 18 heavy (non-hydrogen) atoms. The molecule has 0 saturated heterocycles. The van der Waals surface area contributed by atoms with Crippen molar-refractivity contribution in [3.8, 4) is 0 Å². The summed E-state index contributed by atoms with van der Waals surface area (Å²) in [6.45, 7) is 2.68. The van der Waals surface area contributed by atoms with E-state index in [9.17, 15) is 8.42 Å². The maximum atomic E-state index is 12.3. The normalized spacial score (nSPS) is 12.0. The van der Waals surface area contributed by atoms with E-state index in [0.717, 1.165) is 6.42 Å². The van der Waals surface area contributed by atoms with Crippen LogP contribution in [0.25, 0.3) is 0 Å². The molecule has 0 fully saturated rings. The van der Waals surface area contributed by atoms with Gasteiger partial charge < -0.3 is 5.11 Å². The van der Waals surface area contributed by atoms with Gasteiger partial charge in [0.05, 0.1) is 4.90 Å². The van der Waals surface area contributed by atoms with Crippen molar-refractivity contribution in [3.63, 3.8) is 0 Å². The molecule has 1 aromatic carbocycles. The Morgan fingerprint density at radius 3 is 2.33 bits per heavy atom. The quantitative estimate of drug-likeness (QED) is 0.837. The van der Waals surface area contributed by atoms with Gasteiger partial charge in [0, 0.05) is 24.7 Å². The van der Waals surface area contributed by atoms with Crippen molar-refractivity contribution in [2.75, 3.05) is 19.7 Å². The first kappa shape index (κ1) is 15.4. The van der Waals surface area contributed by atoms with Gasteiger partial charge in [0.1, 0.15) is 0 Å². The molecule has 0 heterocycles. The predicted octanol–water partition coefficient (Wildman–Crippen LogP) is 2.12. The fourth-order valence-corrected chi connectivity index (χ4v) is 3.30. The molecule has 0 aliphatic heterocycles. The molecule has 0 unspecified atom stereocenters.